The van der Waals surface area contributed by atoms with Crippen molar-refractivity contribution in [2.75, 3.05) is 6.54 Å². The van der Waals surface area contributed by atoms with Gasteiger partial charge in [-0.15, -0.1) is 0 Å². The second-order valence-electron chi connectivity index (χ2n) is 4.16. The topological polar surface area (TPSA) is 80.0 Å². The Hall–Kier alpha value is -2.41. The first-order valence-electron chi connectivity index (χ1n) is 5.81. The Kier molecular flexibility index (Phi) is 2.90. The quantitative estimate of drug-likeness (QED) is 0.808. The monoisotopic (exact) mass is 290 g/mol. The van der Waals surface area contributed by atoms with Gasteiger partial charge in [-0.1, -0.05) is 12.1 Å². The molecule has 0 fully saturated rings. The summed E-state index contributed by atoms with van der Waals surface area (Å²) in [6, 6.07) is 9.45. The van der Waals surface area contributed by atoms with E-state index in [9.17, 15) is 13.2 Å². The lowest BCUT2D eigenvalue weighted by atomic mass is 10.3. The standard InChI is InChI=1S/C13H10N2O4S/c16-11(12-5-3-7-19-12)8-15-9-14-10-4-1-2-6-13(10)20(15,17)18/h1-7,9H,8H2. The van der Waals surface area contributed by atoms with Gasteiger partial charge in [-0.25, -0.2) is 17.7 Å². The lowest BCUT2D eigenvalue weighted by Crippen LogP contribution is -2.36. The van der Waals surface area contributed by atoms with E-state index >= 15 is 0 Å². The van der Waals surface area contributed by atoms with Gasteiger partial charge < -0.3 is 4.42 Å². The van der Waals surface area contributed by atoms with Crippen molar-refractivity contribution in [2.45, 2.75) is 4.90 Å². The molecule has 7 heteroatoms. The highest BCUT2D eigenvalue weighted by Crippen LogP contribution is 2.29. The lowest BCUT2D eigenvalue weighted by molar-refractivity contribution is 0.0954. The molecule has 6 nitrogen and oxygen atoms in total. The predicted octanol–water partition coefficient (Wildman–Crippen LogP) is 1.83. The zero-order valence-electron chi connectivity index (χ0n) is 10.3. The number of sulfonamides is 1. The Morgan fingerprint density at radius 3 is 2.75 bits per heavy atom. The van der Waals surface area contributed by atoms with Crippen LogP contribution in [0.2, 0.25) is 0 Å². The molecule has 0 N–H and O–H groups in total. The normalized spacial score (nSPS) is 15.9. The van der Waals surface area contributed by atoms with Gasteiger partial charge in [0.2, 0.25) is 5.78 Å². The summed E-state index contributed by atoms with van der Waals surface area (Å²) in [5.41, 5.74) is 0.370. The van der Waals surface area contributed by atoms with E-state index in [-0.39, 0.29) is 17.2 Å². The van der Waals surface area contributed by atoms with E-state index in [1.807, 2.05) is 0 Å². The van der Waals surface area contributed by atoms with E-state index in [2.05, 4.69) is 4.99 Å². The average Bonchev–Trinajstić information content (AvgIpc) is 2.96. The van der Waals surface area contributed by atoms with Crippen molar-refractivity contribution in [1.82, 2.24) is 4.31 Å². The Morgan fingerprint density at radius 2 is 2.00 bits per heavy atom. The van der Waals surface area contributed by atoms with Crippen LogP contribution in [0.4, 0.5) is 5.69 Å². The molecule has 0 spiro atoms. The van der Waals surface area contributed by atoms with Crippen LogP contribution in [0.25, 0.3) is 0 Å². The molecule has 0 aliphatic carbocycles. The first-order valence-corrected chi connectivity index (χ1v) is 7.25. The molecule has 102 valence electrons. The van der Waals surface area contributed by atoms with Crippen molar-refractivity contribution in [1.29, 1.82) is 0 Å². The first-order chi connectivity index (χ1) is 9.59. The molecule has 2 heterocycles. The molecular formula is C13H10N2O4S. The third-order valence-corrected chi connectivity index (χ3v) is 4.61. The van der Waals surface area contributed by atoms with Crippen LogP contribution in [0.15, 0.2) is 57.0 Å². The molecule has 0 unspecified atom stereocenters. The Morgan fingerprint density at radius 1 is 1.20 bits per heavy atom. The van der Waals surface area contributed by atoms with Crippen molar-refractivity contribution < 1.29 is 17.6 Å². The number of Topliss-reactive ketones (excluding diaryl/α,β-unsaturated/α-hetero) is 1. The molecule has 1 aromatic carbocycles. The molecule has 2 aromatic rings. The minimum absolute atomic E-state index is 0.0924. The van der Waals surface area contributed by atoms with Gasteiger partial charge in [0.1, 0.15) is 17.8 Å². The third-order valence-electron chi connectivity index (χ3n) is 2.87. The van der Waals surface area contributed by atoms with Crippen molar-refractivity contribution in [3.63, 3.8) is 0 Å². The van der Waals surface area contributed by atoms with Gasteiger partial charge in [0.15, 0.2) is 5.76 Å². The van der Waals surface area contributed by atoms with Gasteiger partial charge >= 0.3 is 0 Å². The Bertz CT molecular complexity index is 778. The Labute approximate surface area is 115 Å². The number of aliphatic imine (C=N–C) groups is 1. The van der Waals surface area contributed by atoms with E-state index in [1.54, 1.807) is 24.3 Å². The zero-order valence-corrected chi connectivity index (χ0v) is 11.1. The largest absolute Gasteiger partial charge is 0.461 e. The van der Waals surface area contributed by atoms with Crippen LogP contribution >= 0.6 is 0 Å². The lowest BCUT2D eigenvalue weighted by Gasteiger charge is -2.22. The minimum atomic E-state index is -3.75. The fourth-order valence-electron chi connectivity index (χ4n) is 1.88. The molecule has 0 saturated carbocycles. The van der Waals surface area contributed by atoms with Crippen LogP contribution in [0.1, 0.15) is 10.6 Å². The minimum Gasteiger partial charge on any atom is -0.461 e. The van der Waals surface area contributed by atoms with Gasteiger partial charge in [-0.3, -0.25) is 4.79 Å². The van der Waals surface area contributed by atoms with E-state index < -0.39 is 15.8 Å². The van der Waals surface area contributed by atoms with E-state index in [4.69, 9.17) is 4.42 Å². The first kappa shape index (κ1) is 12.6. The molecule has 1 aliphatic heterocycles. The zero-order chi connectivity index (χ0) is 14.2. The number of furan rings is 1. The number of carbonyl (C=O) groups is 1. The van der Waals surface area contributed by atoms with Crippen molar-refractivity contribution in [2.24, 2.45) is 4.99 Å². The van der Waals surface area contributed by atoms with Gasteiger partial charge in [0, 0.05) is 0 Å². The summed E-state index contributed by atoms with van der Waals surface area (Å²) < 4.78 is 30.6. The van der Waals surface area contributed by atoms with Gasteiger partial charge in [-0.05, 0) is 24.3 Å². The summed E-state index contributed by atoms with van der Waals surface area (Å²) in [4.78, 5) is 16.0. The smallest absolute Gasteiger partial charge is 0.267 e. The number of fused-ring (bicyclic) bond motifs is 1. The molecule has 3 rings (SSSR count). The molecule has 0 amide bonds. The molecule has 1 aliphatic rings. The number of para-hydroxylation sites is 1. The average molecular weight is 290 g/mol. The van der Waals surface area contributed by atoms with Crippen molar-refractivity contribution in [3.8, 4) is 0 Å². The number of carbonyl (C=O) groups excluding carboxylic acids is 1. The van der Waals surface area contributed by atoms with E-state index in [1.165, 1.54) is 18.4 Å². The second kappa shape index (κ2) is 4.61. The van der Waals surface area contributed by atoms with Crippen LogP contribution in [-0.4, -0.2) is 31.4 Å². The summed E-state index contributed by atoms with van der Waals surface area (Å²) >= 11 is 0. The maximum absolute atomic E-state index is 12.4. The van der Waals surface area contributed by atoms with Crippen LogP contribution in [0, 0.1) is 0 Å². The molecule has 1 aromatic heterocycles. The number of rotatable bonds is 3. The summed E-state index contributed by atoms with van der Waals surface area (Å²) in [7, 11) is -3.75. The predicted molar refractivity (Wildman–Crippen MR) is 71.5 cm³/mol. The van der Waals surface area contributed by atoms with Gasteiger partial charge in [-0.2, -0.15) is 0 Å². The van der Waals surface area contributed by atoms with Gasteiger partial charge in [0.05, 0.1) is 12.0 Å². The van der Waals surface area contributed by atoms with Crippen molar-refractivity contribution in [3.05, 3.63) is 48.4 Å². The fourth-order valence-corrected chi connectivity index (χ4v) is 3.23. The third kappa shape index (κ3) is 2.01. The van der Waals surface area contributed by atoms with Gasteiger partial charge in [0.25, 0.3) is 10.0 Å². The van der Waals surface area contributed by atoms with Crippen LogP contribution in [0.3, 0.4) is 0 Å². The number of benzene rings is 1. The van der Waals surface area contributed by atoms with Crippen LogP contribution in [-0.2, 0) is 10.0 Å². The van der Waals surface area contributed by atoms with Crippen LogP contribution in [0.5, 0.6) is 0 Å². The maximum atomic E-state index is 12.4. The molecule has 0 saturated heterocycles. The summed E-state index contributed by atoms with van der Waals surface area (Å²) in [6.45, 7) is -0.340. The number of nitrogens with zero attached hydrogens (tertiary/aromatic N) is 2. The second-order valence-corrected chi connectivity index (χ2v) is 6.02. The number of ketones is 1. The number of hydrogen-bond acceptors (Lipinski definition) is 5. The summed E-state index contributed by atoms with van der Waals surface area (Å²) in [5, 5.41) is 0. The van der Waals surface area contributed by atoms with Crippen LogP contribution < -0.4 is 0 Å². The van der Waals surface area contributed by atoms with E-state index in [0.717, 1.165) is 10.6 Å². The summed E-state index contributed by atoms with van der Waals surface area (Å²) in [5.74, 6) is -0.308. The molecule has 0 atom stereocenters. The highest BCUT2D eigenvalue weighted by atomic mass is 32.2. The highest BCUT2D eigenvalue weighted by Gasteiger charge is 2.30. The van der Waals surface area contributed by atoms with E-state index in [0.29, 0.717) is 5.69 Å². The Balaban J connectivity index is 1.92. The maximum Gasteiger partial charge on any atom is 0.267 e. The highest BCUT2D eigenvalue weighted by molar-refractivity contribution is 7.89. The summed E-state index contributed by atoms with van der Waals surface area (Å²) in [6.07, 6.45) is 2.51. The molecule has 0 bridgehead atoms. The number of hydrogen-bond donors (Lipinski definition) is 0. The fraction of sp³-hybridized carbons (Fsp3) is 0.0769. The SMILES string of the molecule is O=C(CN1C=Nc2ccccc2S1(=O)=O)c1ccco1. The molecule has 20 heavy (non-hydrogen) atoms. The van der Waals surface area contributed by atoms with Crippen molar-refractivity contribution >= 4 is 27.8 Å². The molecular weight excluding hydrogens is 280 g/mol. The molecule has 0 radical (unpaired) electrons.